The Balaban J connectivity index is 1.53. The molecule has 0 radical (unpaired) electrons. The van der Waals surface area contributed by atoms with Gasteiger partial charge in [-0.1, -0.05) is 23.7 Å². The van der Waals surface area contributed by atoms with Crippen molar-refractivity contribution in [3.05, 3.63) is 65.0 Å². The van der Waals surface area contributed by atoms with Gasteiger partial charge in [0.1, 0.15) is 5.75 Å². The molecule has 9 heteroatoms. The van der Waals surface area contributed by atoms with Crippen molar-refractivity contribution in [1.29, 1.82) is 0 Å². The third kappa shape index (κ3) is 4.83. The predicted octanol–water partition coefficient (Wildman–Crippen LogP) is 2.61. The smallest absolute Gasteiger partial charge is 0.344 e. The fourth-order valence-electron chi connectivity index (χ4n) is 2.14. The Kier molecular flexibility index (Phi) is 5.68. The minimum absolute atomic E-state index is 0.130. The number of carbonyl (C=O) groups is 2. The van der Waals surface area contributed by atoms with Gasteiger partial charge in [0.15, 0.2) is 13.2 Å². The maximum Gasteiger partial charge on any atom is 0.344 e. The van der Waals surface area contributed by atoms with E-state index in [0.29, 0.717) is 10.6 Å². The second kappa shape index (κ2) is 8.33. The number of hydrogen-bond acceptors (Lipinski definition) is 7. The summed E-state index contributed by atoms with van der Waals surface area (Å²) in [5.41, 5.74) is 6.11. The van der Waals surface area contributed by atoms with E-state index in [4.69, 9.17) is 31.2 Å². The number of para-hydroxylation sites is 1. The van der Waals surface area contributed by atoms with Gasteiger partial charge in [-0.05, 0) is 36.4 Å². The molecule has 1 heterocycles. The lowest BCUT2D eigenvalue weighted by molar-refractivity contribution is -0.148. The van der Waals surface area contributed by atoms with E-state index in [9.17, 15) is 9.59 Å². The van der Waals surface area contributed by atoms with E-state index in [1.54, 1.807) is 36.4 Å². The molecule has 138 valence electrons. The summed E-state index contributed by atoms with van der Waals surface area (Å²) in [6.07, 6.45) is 0. The molecule has 3 aromatic rings. The van der Waals surface area contributed by atoms with E-state index in [0.717, 1.165) is 0 Å². The molecule has 0 atom stereocenters. The summed E-state index contributed by atoms with van der Waals surface area (Å²) in [5, 5.41) is 8.29. The molecule has 0 bridgehead atoms. The van der Waals surface area contributed by atoms with Crippen LogP contribution >= 0.6 is 11.6 Å². The Morgan fingerprint density at radius 3 is 2.56 bits per heavy atom. The number of amides is 1. The molecule has 0 spiro atoms. The van der Waals surface area contributed by atoms with E-state index in [2.05, 4.69) is 10.2 Å². The number of primary amides is 1. The summed E-state index contributed by atoms with van der Waals surface area (Å²) in [7, 11) is 0. The molecule has 0 fully saturated rings. The molecule has 0 saturated heterocycles. The standard InChI is InChI=1S/C18H14ClN3O5/c19-12-7-5-11(6-8-12)18-22-21-15(27-18)9-26-16(23)10-25-14-4-2-1-3-13(14)17(20)24/h1-8H,9-10H2,(H2,20,24). The lowest BCUT2D eigenvalue weighted by Gasteiger charge is -2.08. The quantitative estimate of drug-likeness (QED) is 0.619. The highest BCUT2D eigenvalue weighted by molar-refractivity contribution is 6.30. The van der Waals surface area contributed by atoms with Gasteiger partial charge < -0.3 is 19.6 Å². The molecular weight excluding hydrogens is 374 g/mol. The summed E-state index contributed by atoms with van der Waals surface area (Å²) in [6.45, 7) is -0.608. The lowest BCUT2D eigenvalue weighted by Crippen LogP contribution is -2.18. The zero-order chi connectivity index (χ0) is 19.2. The first-order valence-electron chi connectivity index (χ1n) is 7.78. The Labute approximate surface area is 158 Å². The molecule has 0 aliphatic heterocycles. The second-order valence-corrected chi connectivity index (χ2v) is 5.75. The molecule has 2 N–H and O–H groups in total. The van der Waals surface area contributed by atoms with Crippen LogP contribution in [-0.4, -0.2) is 28.7 Å². The number of aromatic nitrogens is 2. The van der Waals surface area contributed by atoms with Gasteiger partial charge >= 0.3 is 5.97 Å². The van der Waals surface area contributed by atoms with E-state index in [1.807, 2.05) is 0 Å². The molecule has 0 aliphatic rings. The Bertz CT molecular complexity index is 956. The molecule has 2 aromatic carbocycles. The number of hydrogen-bond donors (Lipinski definition) is 1. The average molecular weight is 388 g/mol. The van der Waals surface area contributed by atoms with Crippen LogP contribution in [0.4, 0.5) is 0 Å². The minimum atomic E-state index is -0.666. The first-order valence-corrected chi connectivity index (χ1v) is 8.16. The first-order chi connectivity index (χ1) is 13.0. The van der Waals surface area contributed by atoms with Crippen molar-refractivity contribution in [3.63, 3.8) is 0 Å². The third-order valence-corrected chi connectivity index (χ3v) is 3.66. The van der Waals surface area contributed by atoms with Crippen LogP contribution in [0, 0.1) is 0 Å². The number of nitrogens with two attached hydrogens (primary N) is 1. The topological polar surface area (TPSA) is 118 Å². The number of esters is 1. The van der Waals surface area contributed by atoms with Crippen LogP contribution in [-0.2, 0) is 16.1 Å². The largest absolute Gasteiger partial charge is 0.481 e. The third-order valence-electron chi connectivity index (χ3n) is 3.41. The first kappa shape index (κ1) is 18.4. The normalized spacial score (nSPS) is 10.4. The number of nitrogens with zero attached hydrogens (tertiary/aromatic N) is 2. The van der Waals surface area contributed by atoms with E-state index in [1.165, 1.54) is 12.1 Å². The van der Waals surface area contributed by atoms with Gasteiger partial charge in [-0.15, -0.1) is 10.2 Å². The summed E-state index contributed by atoms with van der Waals surface area (Å²) in [4.78, 5) is 23.1. The molecule has 0 saturated carbocycles. The summed E-state index contributed by atoms with van der Waals surface area (Å²) in [5.74, 6) is -0.708. The van der Waals surface area contributed by atoms with Crippen LogP contribution in [0.1, 0.15) is 16.2 Å². The van der Waals surface area contributed by atoms with Gasteiger partial charge in [0.05, 0.1) is 5.56 Å². The number of ether oxygens (including phenoxy) is 2. The fraction of sp³-hybridized carbons (Fsp3) is 0.111. The van der Waals surface area contributed by atoms with Gasteiger partial charge in [-0.2, -0.15) is 0 Å². The van der Waals surface area contributed by atoms with Crippen LogP contribution < -0.4 is 10.5 Å². The van der Waals surface area contributed by atoms with Crippen LogP contribution in [0.25, 0.3) is 11.5 Å². The minimum Gasteiger partial charge on any atom is -0.481 e. The zero-order valence-corrected chi connectivity index (χ0v) is 14.7. The van der Waals surface area contributed by atoms with Gasteiger partial charge in [0, 0.05) is 10.6 Å². The van der Waals surface area contributed by atoms with E-state index < -0.39 is 18.5 Å². The Hall–Kier alpha value is -3.39. The molecule has 27 heavy (non-hydrogen) atoms. The molecule has 0 aliphatic carbocycles. The van der Waals surface area contributed by atoms with Crippen molar-refractivity contribution in [3.8, 4) is 17.2 Å². The van der Waals surface area contributed by atoms with Gasteiger partial charge in [-0.25, -0.2) is 4.79 Å². The fourth-order valence-corrected chi connectivity index (χ4v) is 2.26. The van der Waals surface area contributed by atoms with Crippen molar-refractivity contribution >= 4 is 23.5 Å². The monoisotopic (exact) mass is 387 g/mol. The number of rotatable bonds is 7. The molecule has 3 rings (SSSR count). The molecule has 8 nitrogen and oxygen atoms in total. The SMILES string of the molecule is NC(=O)c1ccccc1OCC(=O)OCc1nnc(-c2ccc(Cl)cc2)o1. The van der Waals surface area contributed by atoms with Gasteiger partial charge in [-0.3, -0.25) is 4.79 Å². The number of halogens is 1. The number of carbonyl (C=O) groups excluding carboxylic acids is 2. The van der Waals surface area contributed by atoms with Crippen LogP contribution in [0.2, 0.25) is 5.02 Å². The van der Waals surface area contributed by atoms with Crippen LogP contribution in [0.5, 0.6) is 5.75 Å². The van der Waals surface area contributed by atoms with Crippen LogP contribution in [0.15, 0.2) is 52.9 Å². The summed E-state index contributed by atoms with van der Waals surface area (Å²) >= 11 is 5.83. The maximum atomic E-state index is 11.8. The Morgan fingerprint density at radius 2 is 1.81 bits per heavy atom. The van der Waals surface area contributed by atoms with Gasteiger partial charge in [0.25, 0.3) is 11.8 Å². The van der Waals surface area contributed by atoms with Crippen molar-refractivity contribution in [2.75, 3.05) is 6.61 Å². The maximum absolute atomic E-state index is 11.8. The lowest BCUT2D eigenvalue weighted by atomic mass is 10.2. The van der Waals surface area contributed by atoms with Crippen LogP contribution in [0.3, 0.4) is 0 Å². The molecule has 0 unspecified atom stereocenters. The highest BCUT2D eigenvalue weighted by Gasteiger charge is 2.13. The predicted molar refractivity (Wildman–Crippen MR) is 95.0 cm³/mol. The van der Waals surface area contributed by atoms with Crippen molar-refractivity contribution in [2.45, 2.75) is 6.61 Å². The van der Waals surface area contributed by atoms with Crippen molar-refractivity contribution in [1.82, 2.24) is 10.2 Å². The van der Waals surface area contributed by atoms with E-state index >= 15 is 0 Å². The zero-order valence-electron chi connectivity index (χ0n) is 13.9. The highest BCUT2D eigenvalue weighted by atomic mass is 35.5. The molecule has 1 aromatic heterocycles. The highest BCUT2D eigenvalue weighted by Crippen LogP contribution is 2.20. The molecular formula is C18H14ClN3O5. The summed E-state index contributed by atoms with van der Waals surface area (Å²) < 4.78 is 15.7. The van der Waals surface area contributed by atoms with E-state index in [-0.39, 0.29) is 29.7 Å². The second-order valence-electron chi connectivity index (χ2n) is 5.32. The Morgan fingerprint density at radius 1 is 1.07 bits per heavy atom. The van der Waals surface area contributed by atoms with Gasteiger partial charge in [0.2, 0.25) is 5.89 Å². The average Bonchev–Trinajstić information content (AvgIpc) is 3.14. The summed E-state index contributed by atoms with van der Waals surface area (Å²) in [6, 6.07) is 13.2. The van der Waals surface area contributed by atoms with Crippen molar-refractivity contribution < 1.29 is 23.5 Å². The van der Waals surface area contributed by atoms with Crippen molar-refractivity contribution in [2.24, 2.45) is 5.73 Å². The number of benzene rings is 2. The molecule has 1 amide bonds.